The number of H-pyrrole nitrogens is 1. The number of hydrogen-bond donors (Lipinski definition) is 1. The monoisotopic (exact) mass is 201 g/mol. The molecule has 1 N–H and O–H groups in total. The summed E-state index contributed by atoms with van der Waals surface area (Å²) < 4.78 is 0. The van der Waals surface area contributed by atoms with Crippen LogP contribution in [0.3, 0.4) is 0 Å². The van der Waals surface area contributed by atoms with Crippen molar-refractivity contribution in [1.29, 1.82) is 0 Å². The lowest BCUT2D eigenvalue weighted by Gasteiger charge is -2.11. The zero-order chi connectivity index (χ0) is 10.3. The molecule has 0 bridgehead atoms. The fourth-order valence-corrected chi connectivity index (χ4v) is 1.57. The van der Waals surface area contributed by atoms with Crippen LogP contribution in [-0.4, -0.2) is 27.5 Å². The molecule has 1 amide bonds. The van der Waals surface area contributed by atoms with E-state index in [1.165, 1.54) is 5.01 Å². The molecular weight excluding hydrogens is 194 g/mol. The molecule has 74 valence electrons. The maximum absolute atomic E-state index is 11.5. The average Bonchev–Trinajstić information content (AvgIpc) is 2.85. The highest BCUT2D eigenvalue weighted by Gasteiger charge is 2.21. The summed E-state index contributed by atoms with van der Waals surface area (Å²) in [4.78, 5) is 11.5. The molecule has 0 fully saturated rings. The van der Waals surface area contributed by atoms with Gasteiger partial charge in [-0.05, 0) is 12.1 Å². The summed E-state index contributed by atoms with van der Waals surface area (Å²) in [7, 11) is 0. The number of nitrogens with zero attached hydrogens (tertiary/aromatic N) is 4. The van der Waals surface area contributed by atoms with E-state index >= 15 is 0 Å². The van der Waals surface area contributed by atoms with Gasteiger partial charge >= 0.3 is 0 Å². The molecule has 0 spiro atoms. The minimum absolute atomic E-state index is 0.0505. The van der Waals surface area contributed by atoms with Gasteiger partial charge in [0, 0.05) is 6.21 Å². The number of benzene rings is 1. The Morgan fingerprint density at radius 2 is 2.27 bits per heavy atom. The molecule has 2 heterocycles. The van der Waals surface area contributed by atoms with E-state index in [0.717, 1.165) is 5.52 Å². The van der Waals surface area contributed by atoms with E-state index in [0.29, 0.717) is 17.6 Å². The Morgan fingerprint density at radius 3 is 3.07 bits per heavy atom. The predicted octanol–water partition coefficient (Wildman–Crippen LogP) is 0.680. The molecule has 0 radical (unpaired) electrons. The molecule has 2 aromatic rings. The summed E-state index contributed by atoms with van der Waals surface area (Å²) in [5.74, 6) is -0.0505. The van der Waals surface area contributed by atoms with Crippen molar-refractivity contribution >= 4 is 28.8 Å². The van der Waals surface area contributed by atoms with Gasteiger partial charge in [0.1, 0.15) is 11.0 Å². The Morgan fingerprint density at radius 1 is 1.33 bits per heavy atom. The van der Waals surface area contributed by atoms with Crippen LogP contribution in [0.1, 0.15) is 6.42 Å². The fourth-order valence-electron chi connectivity index (χ4n) is 1.57. The smallest absolute Gasteiger partial charge is 0.252 e. The van der Waals surface area contributed by atoms with Gasteiger partial charge in [-0.25, -0.2) is 0 Å². The highest BCUT2D eigenvalue weighted by molar-refractivity contribution is 6.08. The number of para-hydroxylation sites is 1. The summed E-state index contributed by atoms with van der Waals surface area (Å²) >= 11 is 0. The Balaban J connectivity index is 2.21. The number of hydrogen-bond acceptors (Lipinski definition) is 4. The number of carbonyl (C=O) groups is 1. The van der Waals surface area contributed by atoms with Crippen molar-refractivity contribution in [3.63, 3.8) is 0 Å². The highest BCUT2D eigenvalue weighted by atomic mass is 16.2. The summed E-state index contributed by atoms with van der Waals surface area (Å²) in [5, 5.41) is 15.8. The minimum atomic E-state index is -0.0505. The van der Waals surface area contributed by atoms with Crippen molar-refractivity contribution < 1.29 is 4.79 Å². The van der Waals surface area contributed by atoms with Crippen LogP contribution in [0.5, 0.6) is 0 Å². The van der Waals surface area contributed by atoms with Gasteiger partial charge in [0.25, 0.3) is 5.91 Å². The summed E-state index contributed by atoms with van der Waals surface area (Å²) in [6.45, 7) is 0. The van der Waals surface area contributed by atoms with Crippen LogP contribution in [0, 0.1) is 0 Å². The standard InChI is InChI=1S/C9H7N5O/c15-8-4-5-10-14(8)7-3-1-2-6-9(7)12-13-11-6/h1-3,5H,4H2,(H,11,12,13). The third-order valence-corrected chi connectivity index (χ3v) is 2.25. The molecule has 1 aliphatic rings. The van der Waals surface area contributed by atoms with E-state index < -0.39 is 0 Å². The summed E-state index contributed by atoms with van der Waals surface area (Å²) in [5.41, 5.74) is 2.05. The van der Waals surface area contributed by atoms with Gasteiger partial charge in [-0.15, -0.1) is 0 Å². The third-order valence-electron chi connectivity index (χ3n) is 2.25. The molecule has 1 aromatic heterocycles. The SMILES string of the molecule is O=C1CC=NN1c1cccc2n[nH]nc12. The third kappa shape index (κ3) is 1.11. The predicted molar refractivity (Wildman–Crippen MR) is 54.5 cm³/mol. The normalized spacial score (nSPS) is 15.5. The van der Waals surface area contributed by atoms with Gasteiger partial charge in [0.2, 0.25) is 0 Å². The summed E-state index contributed by atoms with van der Waals surface area (Å²) in [6.07, 6.45) is 1.93. The Bertz CT molecular complexity index is 558. The van der Waals surface area contributed by atoms with Crippen LogP contribution in [0.2, 0.25) is 0 Å². The van der Waals surface area contributed by atoms with Crippen molar-refractivity contribution in [2.24, 2.45) is 5.10 Å². The molecule has 0 atom stereocenters. The van der Waals surface area contributed by atoms with Crippen LogP contribution in [0.25, 0.3) is 11.0 Å². The van der Waals surface area contributed by atoms with Crippen molar-refractivity contribution in [3.8, 4) is 0 Å². The second kappa shape index (κ2) is 2.88. The Kier molecular flexibility index (Phi) is 1.55. The van der Waals surface area contributed by atoms with Crippen LogP contribution in [0.15, 0.2) is 23.3 Å². The van der Waals surface area contributed by atoms with Crippen LogP contribution < -0.4 is 5.01 Å². The fraction of sp³-hybridized carbons (Fsp3) is 0.111. The first-order valence-electron chi connectivity index (χ1n) is 4.51. The Hall–Kier alpha value is -2.24. The summed E-state index contributed by atoms with van der Waals surface area (Å²) in [6, 6.07) is 5.44. The lowest BCUT2D eigenvalue weighted by atomic mass is 10.2. The topological polar surface area (TPSA) is 74.2 Å². The first kappa shape index (κ1) is 8.10. The van der Waals surface area contributed by atoms with E-state index in [2.05, 4.69) is 20.5 Å². The highest BCUT2D eigenvalue weighted by Crippen LogP contribution is 2.25. The first-order valence-corrected chi connectivity index (χ1v) is 4.51. The first-order chi connectivity index (χ1) is 7.36. The number of anilines is 1. The van der Waals surface area contributed by atoms with Gasteiger partial charge in [-0.1, -0.05) is 6.07 Å². The van der Waals surface area contributed by atoms with E-state index in [1.54, 1.807) is 12.3 Å². The van der Waals surface area contributed by atoms with Crippen LogP contribution in [-0.2, 0) is 4.79 Å². The number of amides is 1. The second-order valence-corrected chi connectivity index (χ2v) is 3.18. The molecule has 0 unspecified atom stereocenters. The van der Waals surface area contributed by atoms with Gasteiger partial charge < -0.3 is 0 Å². The lowest BCUT2D eigenvalue weighted by molar-refractivity contribution is -0.116. The Labute approximate surface area is 84.6 Å². The van der Waals surface area contributed by atoms with Crippen molar-refractivity contribution in [3.05, 3.63) is 18.2 Å². The quantitative estimate of drug-likeness (QED) is 0.737. The number of fused-ring (bicyclic) bond motifs is 1. The van der Waals surface area contributed by atoms with E-state index in [1.807, 2.05) is 12.1 Å². The molecule has 3 rings (SSSR count). The number of nitrogens with one attached hydrogen (secondary N) is 1. The number of rotatable bonds is 1. The van der Waals surface area contributed by atoms with Crippen LogP contribution in [0.4, 0.5) is 5.69 Å². The molecule has 6 nitrogen and oxygen atoms in total. The van der Waals surface area contributed by atoms with Gasteiger partial charge in [0.15, 0.2) is 0 Å². The largest absolute Gasteiger partial charge is 0.272 e. The minimum Gasteiger partial charge on any atom is -0.272 e. The zero-order valence-corrected chi connectivity index (χ0v) is 7.71. The van der Waals surface area contributed by atoms with Crippen molar-refractivity contribution in [2.45, 2.75) is 6.42 Å². The average molecular weight is 201 g/mol. The molecule has 1 aliphatic heterocycles. The van der Waals surface area contributed by atoms with E-state index in [-0.39, 0.29) is 5.91 Å². The zero-order valence-electron chi connectivity index (χ0n) is 7.71. The number of hydrazone groups is 1. The van der Waals surface area contributed by atoms with Crippen molar-refractivity contribution in [2.75, 3.05) is 5.01 Å². The molecule has 0 aliphatic carbocycles. The lowest BCUT2D eigenvalue weighted by Crippen LogP contribution is -2.19. The maximum Gasteiger partial charge on any atom is 0.252 e. The molecule has 1 aromatic carbocycles. The molecule has 6 heteroatoms. The molecule has 0 saturated heterocycles. The van der Waals surface area contributed by atoms with Gasteiger partial charge in [0.05, 0.1) is 12.1 Å². The molecule has 0 saturated carbocycles. The van der Waals surface area contributed by atoms with Gasteiger partial charge in [-0.2, -0.15) is 25.5 Å². The van der Waals surface area contributed by atoms with E-state index in [4.69, 9.17) is 0 Å². The van der Waals surface area contributed by atoms with E-state index in [9.17, 15) is 4.79 Å². The second-order valence-electron chi connectivity index (χ2n) is 3.18. The molecule has 15 heavy (non-hydrogen) atoms. The number of aromatic amines is 1. The number of carbonyl (C=O) groups excluding carboxylic acids is 1. The molecular formula is C9H7N5O. The number of aromatic nitrogens is 3. The van der Waals surface area contributed by atoms with Crippen LogP contribution >= 0.6 is 0 Å². The van der Waals surface area contributed by atoms with Crippen molar-refractivity contribution in [1.82, 2.24) is 15.4 Å². The maximum atomic E-state index is 11.5. The van der Waals surface area contributed by atoms with Gasteiger partial charge in [-0.3, -0.25) is 4.79 Å².